The molecule has 0 unspecified atom stereocenters. The minimum absolute atomic E-state index is 0.177. The molecule has 3 aromatic carbocycles. The zero-order valence-electron chi connectivity index (χ0n) is 17.0. The second-order valence-electron chi connectivity index (χ2n) is 7.83. The predicted octanol–water partition coefficient (Wildman–Crippen LogP) is 4.29. The molecule has 5 rings (SSSR count). The summed E-state index contributed by atoms with van der Waals surface area (Å²) in [5.41, 5.74) is 6.01. The van der Waals surface area contributed by atoms with Crippen molar-refractivity contribution < 1.29 is 4.79 Å². The fourth-order valence-electron chi connectivity index (χ4n) is 4.12. The first kappa shape index (κ1) is 18.6. The van der Waals surface area contributed by atoms with Gasteiger partial charge in [-0.25, -0.2) is 0 Å². The van der Waals surface area contributed by atoms with Crippen molar-refractivity contribution >= 4 is 22.4 Å². The van der Waals surface area contributed by atoms with E-state index in [0.717, 1.165) is 30.9 Å². The van der Waals surface area contributed by atoms with E-state index in [-0.39, 0.29) is 5.91 Å². The maximum atomic E-state index is 12.8. The number of carbonyl (C=O) groups excluding carboxylic acids is 1. The summed E-state index contributed by atoms with van der Waals surface area (Å²) >= 11 is 0. The van der Waals surface area contributed by atoms with Gasteiger partial charge < -0.3 is 10.6 Å². The van der Waals surface area contributed by atoms with Crippen molar-refractivity contribution in [3.63, 3.8) is 0 Å². The van der Waals surface area contributed by atoms with Crippen LogP contribution in [0.1, 0.15) is 32.9 Å². The molecule has 30 heavy (non-hydrogen) atoms. The Morgan fingerprint density at radius 2 is 1.93 bits per heavy atom. The van der Waals surface area contributed by atoms with Crippen LogP contribution in [0.5, 0.6) is 0 Å². The summed E-state index contributed by atoms with van der Waals surface area (Å²) in [6, 6.07) is 22.6. The van der Waals surface area contributed by atoms with Crippen molar-refractivity contribution in [2.24, 2.45) is 0 Å². The van der Waals surface area contributed by atoms with Gasteiger partial charge >= 0.3 is 0 Å². The lowest BCUT2D eigenvalue weighted by Gasteiger charge is -2.17. The maximum absolute atomic E-state index is 12.8. The van der Waals surface area contributed by atoms with Gasteiger partial charge in [0, 0.05) is 17.9 Å². The Labute approximate surface area is 175 Å². The first-order valence-electron chi connectivity index (χ1n) is 10.3. The molecule has 0 aliphatic carbocycles. The van der Waals surface area contributed by atoms with E-state index in [0.29, 0.717) is 12.2 Å². The molecular formula is C25H24N4O. The van der Waals surface area contributed by atoms with E-state index in [1.807, 2.05) is 29.8 Å². The van der Waals surface area contributed by atoms with E-state index in [4.69, 9.17) is 0 Å². The number of fused-ring (bicyclic) bond motifs is 2. The summed E-state index contributed by atoms with van der Waals surface area (Å²) in [5, 5.41) is 13.4. The fourth-order valence-corrected chi connectivity index (χ4v) is 4.12. The van der Waals surface area contributed by atoms with Crippen LogP contribution in [0.25, 0.3) is 10.8 Å². The van der Waals surface area contributed by atoms with Gasteiger partial charge in [-0.1, -0.05) is 48.5 Å². The SMILES string of the molecule is Cc1cc(C(=O)Nc2ccc3c(c2)CCNC3)nn1Cc1cccc2ccccc12. The lowest BCUT2D eigenvalue weighted by molar-refractivity contribution is 0.102. The highest BCUT2D eigenvalue weighted by Gasteiger charge is 2.15. The number of hydrogen-bond acceptors (Lipinski definition) is 3. The maximum Gasteiger partial charge on any atom is 0.276 e. The molecule has 1 aliphatic rings. The summed E-state index contributed by atoms with van der Waals surface area (Å²) in [6.07, 6.45) is 0.984. The average molecular weight is 396 g/mol. The highest BCUT2D eigenvalue weighted by Crippen LogP contribution is 2.21. The van der Waals surface area contributed by atoms with E-state index >= 15 is 0 Å². The number of benzene rings is 3. The smallest absolute Gasteiger partial charge is 0.276 e. The van der Waals surface area contributed by atoms with Crippen LogP contribution >= 0.6 is 0 Å². The van der Waals surface area contributed by atoms with Gasteiger partial charge in [-0.15, -0.1) is 0 Å². The predicted molar refractivity (Wildman–Crippen MR) is 120 cm³/mol. The summed E-state index contributed by atoms with van der Waals surface area (Å²) in [6.45, 7) is 4.48. The van der Waals surface area contributed by atoms with Gasteiger partial charge in [-0.2, -0.15) is 5.10 Å². The molecule has 0 fully saturated rings. The minimum atomic E-state index is -0.177. The molecule has 0 atom stereocenters. The number of nitrogens with one attached hydrogen (secondary N) is 2. The number of carbonyl (C=O) groups is 1. The van der Waals surface area contributed by atoms with Crippen molar-refractivity contribution in [1.82, 2.24) is 15.1 Å². The Hall–Kier alpha value is -3.44. The van der Waals surface area contributed by atoms with Crippen molar-refractivity contribution in [3.05, 3.63) is 94.8 Å². The van der Waals surface area contributed by atoms with Crippen LogP contribution in [0, 0.1) is 6.92 Å². The Morgan fingerprint density at radius 1 is 1.07 bits per heavy atom. The normalized spacial score (nSPS) is 13.2. The van der Waals surface area contributed by atoms with Crippen LogP contribution in [-0.4, -0.2) is 22.2 Å². The number of aromatic nitrogens is 2. The lowest BCUT2D eigenvalue weighted by Crippen LogP contribution is -2.23. The zero-order chi connectivity index (χ0) is 20.5. The number of aryl methyl sites for hydroxylation is 1. The second kappa shape index (κ2) is 7.76. The third kappa shape index (κ3) is 3.60. The van der Waals surface area contributed by atoms with E-state index in [1.54, 1.807) is 0 Å². The number of rotatable bonds is 4. The first-order chi connectivity index (χ1) is 14.7. The largest absolute Gasteiger partial charge is 0.321 e. The third-order valence-electron chi connectivity index (χ3n) is 5.76. The van der Waals surface area contributed by atoms with Crippen molar-refractivity contribution in [2.45, 2.75) is 26.4 Å². The van der Waals surface area contributed by atoms with E-state index in [1.165, 1.54) is 27.5 Å². The van der Waals surface area contributed by atoms with Crippen LogP contribution < -0.4 is 10.6 Å². The van der Waals surface area contributed by atoms with Gasteiger partial charge in [0.2, 0.25) is 0 Å². The van der Waals surface area contributed by atoms with Gasteiger partial charge in [-0.05, 0) is 65.6 Å². The molecule has 0 saturated carbocycles. The van der Waals surface area contributed by atoms with Crippen LogP contribution in [0.4, 0.5) is 5.69 Å². The summed E-state index contributed by atoms with van der Waals surface area (Å²) in [5.74, 6) is -0.177. The standard InChI is InChI=1S/C25H24N4O/c1-17-13-24(25(30)27-22-10-9-20-15-26-12-11-19(20)14-22)28-29(17)16-21-7-4-6-18-5-2-3-8-23(18)21/h2-10,13-14,26H,11-12,15-16H2,1H3,(H,27,30). The molecule has 5 heteroatoms. The monoisotopic (exact) mass is 396 g/mol. The van der Waals surface area contributed by atoms with Gasteiger partial charge in [-0.3, -0.25) is 9.48 Å². The highest BCUT2D eigenvalue weighted by atomic mass is 16.1. The van der Waals surface area contributed by atoms with Gasteiger partial charge in [0.1, 0.15) is 0 Å². The lowest BCUT2D eigenvalue weighted by atomic mass is 10.0. The third-order valence-corrected chi connectivity index (χ3v) is 5.76. The fraction of sp³-hybridized carbons (Fsp3) is 0.200. The van der Waals surface area contributed by atoms with Gasteiger partial charge in [0.05, 0.1) is 6.54 Å². The number of hydrogen-bond donors (Lipinski definition) is 2. The second-order valence-corrected chi connectivity index (χ2v) is 7.83. The van der Waals surface area contributed by atoms with E-state index < -0.39 is 0 Å². The molecule has 2 heterocycles. The molecule has 150 valence electrons. The van der Waals surface area contributed by atoms with Gasteiger partial charge in [0.25, 0.3) is 5.91 Å². The molecule has 5 nitrogen and oxygen atoms in total. The summed E-state index contributed by atoms with van der Waals surface area (Å²) in [4.78, 5) is 12.8. The first-order valence-corrected chi connectivity index (χ1v) is 10.3. The minimum Gasteiger partial charge on any atom is -0.321 e. The topological polar surface area (TPSA) is 59.0 Å². The molecule has 1 aromatic heterocycles. The highest BCUT2D eigenvalue weighted by molar-refractivity contribution is 6.03. The van der Waals surface area contributed by atoms with Crippen molar-refractivity contribution in [3.8, 4) is 0 Å². The summed E-state index contributed by atoms with van der Waals surface area (Å²) < 4.78 is 1.90. The Morgan fingerprint density at radius 3 is 2.87 bits per heavy atom. The molecule has 1 aliphatic heterocycles. The molecule has 0 spiro atoms. The number of nitrogens with zero attached hydrogens (tertiary/aromatic N) is 2. The van der Waals surface area contributed by atoms with E-state index in [9.17, 15) is 4.79 Å². The molecule has 0 saturated heterocycles. The number of amides is 1. The van der Waals surface area contributed by atoms with Crippen LogP contribution in [-0.2, 0) is 19.5 Å². The zero-order valence-corrected chi connectivity index (χ0v) is 17.0. The van der Waals surface area contributed by atoms with Crippen LogP contribution in [0.3, 0.4) is 0 Å². The van der Waals surface area contributed by atoms with Crippen molar-refractivity contribution in [2.75, 3.05) is 11.9 Å². The molecule has 4 aromatic rings. The van der Waals surface area contributed by atoms with Crippen LogP contribution in [0.15, 0.2) is 66.7 Å². The van der Waals surface area contributed by atoms with Crippen LogP contribution in [0.2, 0.25) is 0 Å². The van der Waals surface area contributed by atoms with E-state index in [2.05, 4.69) is 64.3 Å². The molecule has 1 amide bonds. The van der Waals surface area contributed by atoms with Crippen molar-refractivity contribution in [1.29, 1.82) is 0 Å². The number of anilines is 1. The van der Waals surface area contributed by atoms with Gasteiger partial charge in [0.15, 0.2) is 5.69 Å². The molecular weight excluding hydrogens is 372 g/mol. The Balaban J connectivity index is 1.36. The Kier molecular flexibility index (Phi) is 4.81. The molecule has 2 N–H and O–H groups in total. The molecule has 0 bridgehead atoms. The summed E-state index contributed by atoms with van der Waals surface area (Å²) in [7, 11) is 0. The average Bonchev–Trinajstić information content (AvgIpc) is 3.14. The molecule has 0 radical (unpaired) electrons. The quantitative estimate of drug-likeness (QED) is 0.541. The Bertz CT molecular complexity index is 1240.